The normalized spacial score (nSPS) is 13.4. The van der Waals surface area contributed by atoms with Gasteiger partial charge in [0.1, 0.15) is 11.8 Å². The van der Waals surface area contributed by atoms with E-state index in [9.17, 15) is 19.8 Å². The van der Waals surface area contributed by atoms with Crippen molar-refractivity contribution in [1.29, 1.82) is 0 Å². The molecule has 1 amide bonds. The highest BCUT2D eigenvalue weighted by Crippen LogP contribution is 2.12. The van der Waals surface area contributed by atoms with Crippen LogP contribution in [0.15, 0.2) is 24.3 Å². The molecule has 0 fully saturated rings. The Hall–Kier alpha value is -2.08. The van der Waals surface area contributed by atoms with Gasteiger partial charge < -0.3 is 21.3 Å². The van der Waals surface area contributed by atoms with Gasteiger partial charge in [-0.05, 0) is 36.6 Å². The Morgan fingerprint density at radius 3 is 2.43 bits per heavy atom. The average molecular weight is 294 g/mol. The van der Waals surface area contributed by atoms with Crippen LogP contribution in [0.3, 0.4) is 0 Å². The highest BCUT2D eigenvalue weighted by molar-refractivity contribution is 5.83. The van der Waals surface area contributed by atoms with E-state index in [2.05, 4.69) is 5.32 Å². The predicted molar refractivity (Wildman–Crippen MR) is 78.8 cm³/mol. The van der Waals surface area contributed by atoms with Crippen molar-refractivity contribution in [1.82, 2.24) is 5.32 Å². The number of aromatic hydroxyl groups is 1. The third-order valence-electron chi connectivity index (χ3n) is 3.28. The zero-order valence-corrected chi connectivity index (χ0v) is 12.1. The van der Waals surface area contributed by atoms with Gasteiger partial charge >= 0.3 is 5.97 Å². The fourth-order valence-electron chi connectivity index (χ4n) is 1.83. The Morgan fingerprint density at radius 1 is 1.29 bits per heavy atom. The van der Waals surface area contributed by atoms with Crippen LogP contribution in [0, 0.1) is 5.92 Å². The summed E-state index contributed by atoms with van der Waals surface area (Å²) in [7, 11) is 0. The van der Waals surface area contributed by atoms with E-state index in [-0.39, 0.29) is 30.4 Å². The Bertz CT molecular complexity index is 473. The summed E-state index contributed by atoms with van der Waals surface area (Å²) in [6, 6.07) is 5.26. The van der Waals surface area contributed by atoms with Gasteiger partial charge in [-0.1, -0.05) is 19.1 Å². The first-order chi connectivity index (χ1) is 9.92. The molecule has 0 saturated heterocycles. The number of carboxylic acid groups (broad SMARTS) is 1. The predicted octanol–water partition coefficient (Wildman–Crippen LogP) is 0.879. The van der Waals surface area contributed by atoms with Crippen molar-refractivity contribution in [2.24, 2.45) is 11.7 Å². The van der Waals surface area contributed by atoms with Crippen LogP contribution in [0.1, 0.15) is 25.3 Å². The average Bonchev–Trinajstić information content (AvgIpc) is 2.46. The minimum absolute atomic E-state index is 0.116. The summed E-state index contributed by atoms with van der Waals surface area (Å²) in [6.07, 6.45) is 1.07. The SMILES string of the molecule is CC(CN)CCC(=O)N[C@H](Cc1ccc(O)cc1)C(=O)O. The number of rotatable bonds is 8. The Labute approximate surface area is 124 Å². The fraction of sp³-hybridized carbons (Fsp3) is 0.467. The van der Waals surface area contributed by atoms with Crippen LogP contribution in [0.2, 0.25) is 0 Å². The number of hydrogen-bond acceptors (Lipinski definition) is 4. The molecule has 6 nitrogen and oxygen atoms in total. The number of nitrogens with two attached hydrogens (primary N) is 1. The van der Waals surface area contributed by atoms with Crippen molar-refractivity contribution in [3.8, 4) is 5.75 Å². The van der Waals surface area contributed by atoms with Crippen molar-refractivity contribution < 1.29 is 19.8 Å². The number of hydrogen-bond donors (Lipinski definition) is 4. The summed E-state index contributed by atoms with van der Waals surface area (Å²) in [5.41, 5.74) is 6.21. The number of phenols is 1. The van der Waals surface area contributed by atoms with E-state index in [1.165, 1.54) is 12.1 Å². The maximum atomic E-state index is 11.8. The number of nitrogens with one attached hydrogen (secondary N) is 1. The first kappa shape index (κ1) is 17.0. The number of amides is 1. The van der Waals surface area contributed by atoms with Crippen LogP contribution < -0.4 is 11.1 Å². The number of carboxylic acids is 1. The summed E-state index contributed by atoms with van der Waals surface area (Å²) in [4.78, 5) is 23.0. The zero-order valence-electron chi connectivity index (χ0n) is 12.1. The number of carbonyl (C=O) groups excluding carboxylic acids is 1. The highest BCUT2D eigenvalue weighted by Gasteiger charge is 2.20. The first-order valence-electron chi connectivity index (χ1n) is 6.92. The standard InChI is InChI=1S/C15H22N2O4/c1-10(9-16)2-7-14(19)17-13(15(20)21)8-11-3-5-12(18)6-4-11/h3-6,10,13,18H,2,7-9,16H2,1H3,(H,17,19)(H,20,21)/t10?,13-/m1/s1. The van der Waals surface area contributed by atoms with E-state index in [4.69, 9.17) is 5.73 Å². The van der Waals surface area contributed by atoms with Crippen LogP contribution in [0.25, 0.3) is 0 Å². The lowest BCUT2D eigenvalue weighted by atomic mass is 10.0. The van der Waals surface area contributed by atoms with E-state index in [0.29, 0.717) is 13.0 Å². The molecule has 0 saturated carbocycles. The molecule has 2 atom stereocenters. The molecule has 1 rings (SSSR count). The summed E-state index contributed by atoms with van der Waals surface area (Å²) in [5.74, 6) is -1.02. The summed E-state index contributed by atoms with van der Waals surface area (Å²) >= 11 is 0. The molecule has 0 aliphatic carbocycles. The van der Waals surface area contributed by atoms with E-state index in [1.807, 2.05) is 6.92 Å². The Morgan fingerprint density at radius 2 is 1.90 bits per heavy atom. The van der Waals surface area contributed by atoms with Gasteiger partial charge in [-0.3, -0.25) is 4.79 Å². The Balaban J connectivity index is 2.55. The van der Waals surface area contributed by atoms with Gasteiger partial charge in [0.05, 0.1) is 0 Å². The van der Waals surface area contributed by atoms with Gasteiger partial charge in [-0.2, -0.15) is 0 Å². The van der Waals surface area contributed by atoms with Crippen LogP contribution in [-0.2, 0) is 16.0 Å². The van der Waals surface area contributed by atoms with Crippen molar-refractivity contribution in [3.63, 3.8) is 0 Å². The molecular formula is C15H22N2O4. The summed E-state index contributed by atoms with van der Waals surface area (Å²) < 4.78 is 0. The molecule has 1 unspecified atom stereocenters. The molecule has 0 spiro atoms. The van der Waals surface area contributed by atoms with Crippen LogP contribution in [-0.4, -0.2) is 34.7 Å². The molecule has 0 aliphatic heterocycles. The molecule has 1 aromatic carbocycles. The maximum absolute atomic E-state index is 11.8. The van der Waals surface area contributed by atoms with Gasteiger partial charge in [0.15, 0.2) is 0 Å². The first-order valence-corrected chi connectivity index (χ1v) is 6.92. The fourth-order valence-corrected chi connectivity index (χ4v) is 1.83. The van der Waals surface area contributed by atoms with E-state index < -0.39 is 12.0 Å². The Kier molecular flexibility index (Phi) is 6.68. The molecule has 21 heavy (non-hydrogen) atoms. The maximum Gasteiger partial charge on any atom is 0.326 e. The lowest BCUT2D eigenvalue weighted by Crippen LogP contribution is -2.42. The second-order valence-corrected chi connectivity index (χ2v) is 5.21. The quantitative estimate of drug-likeness (QED) is 0.568. The third kappa shape index (κ3) is 6.27. The molecule has 5 N–H and O–H groups in total. The van der Waals surface area contributed by atoms with Crippen molar-refractivity contribution in [2.75, 3.05) is 6.54 Å². The largest absolute Gasteiger partial charge is 0.508 e. The van der Waals surface area contributed by atoms with Gasteiger partial charge in [0.25, 0.3) is 0 Å². The lowest BCUT2D eigenvalue weighted by Gasteiger charge is -2.15. The van der Waals surface area contributed by atoms with Crippen LogP contribution in [0.4, 0.5) is 0 Å². The topological polar surface area (TPSA) is 113 Å². The number of phenolic OH excluding ortho intramolecular Hbond substituents is 1. The molecule has 1 aromatic rings. The number of aliphatic carboxylic acids is 1. The molecule has 116 valence electrons. The molecule has 0 bridgehead atoms. The molecule has 0 aromatic heterocycles. The van der Waals surface area contributed by atoms with E-state index >= 15 is 0 Å². The molecule has 0 radical (unpaired) electrons. The highest BCUT2D eigenvalue weighted by atomic mass is 16.4. The van der Waals surface area contributed by atoms with E-state index in [1.54, 1.807) is 12.1 Å². The van der Waals surface area contributed by atoms with Crippen molar-refractivity contribution in [2.45, 2.75) is 32.2 Å². The third-order valence-corrected chi connectivity index (χ3v) is 3.28. The monoisotopic (exact) mass is 294 g/mol. The molecular weight excluding hydrogens is 272 g/mol. The lowest BCUT2D eigenvalue weighted by molar-refractivity contribution is -0.141. The second-order valence-electron chi connectivity index (χ2n) is 5.21. The van der Waals surface area contributed by atoms with Crippen molar-refractivity contribution >= 4 is 11.9 Å². The van der Waals surface area contributed by atoms with Gasteiger partial charge in [0, 0.05) is 12.8 Å². The summed E-state index contributed by atoms with van der Waals surface area (Å²) in [6.45, 7) is 2.45. The number of benzene rings is 1. The smallest absolute Gasteiger partial charge is 0.326 e. The van der Waals surface area contributed by atoms with Gasteiger partial charge in [-0.15, -0.1) is 0 Å². The second kappa shape index (κ2) is 8.26. The molecule has 0 heterocycles. The zero-order chi connectivity index (χ0) is 15.8. The van der Waals surface area contributed by atoms with Gasteiger partial charge in [-0.25, -0.2) is 4.79 Å². The van der Waals surface area contributed by atoms with Crippen LogP contribution >= 0.6 is 0 Å². The van der Waals surface area contributed by atoms with Crippen molar-refractivity contribution in [3.05, 3.63) is 29.8 Å². The van der Waals surface area contributed by atoms with E-state index in [0.717, 1.165) is 5.56 Å². The minimum Gasteiger partial charge on any atom is -0.508 e. The molecule has 6 heteroatoms. The van der Waals surface area contributed by atoms with Crippen LogP contribution in [0.5, 0.6) is 5.75 Å². The number of carbonyl (C=O) groups is 2. The minimum atomic E-state index is -1.08. The summed E-state index contributed by atoms with van der Waals surface area (Å²) in [5, 5.41) is 20.9. The van der Waals surface area contributed by atoms with Gasteiger partial charge in [0.2, 0.25) is 5.91 Å². The molecule has 0 aliphatic rings.